The van der Waals surface area contributed by atoms with E-state index in [4.69, 9.17) is 12.6 Å². The van der Waals surface area contributed by atoms with Crippen LogP contribution >= 0.6 is 0 Å². The third kappa shape index (κ3) is 9.24. The second-order valence-corrected chi connectivity index (χ2v) is 14.0. The third-order valence-electron chi connectivity index (χ3n) is 9.89. The van der Waals surface area contributed by atoms with E-state index in [0.717, 1.165) is 36.8 Å². The summed E-state index contributed by atoms with van der Waals surface area (Å²) in [7, 11) is 0. The van der Waals surface area contributed by atoms with Gasteiger partial charge in [-0.15, -0.1) is 90.0 Å². The summed E-state index contributed by atoms with van der Waals surface area (Å²) >= 11 is 0. The molecule has 6 aromatic carbocycles. The van der Waals surface area contributed by atoms with Crippen molar-refractivity contribution in [3.05, 3.63) is 233 Å². The van der Waals surface area contributed by atoms with Crippen molar-refractivity contribution in [2.24, 2.45) is 0 Å². The maximum Gasteiger partial charge on any atom is 3.00 e. The Balaban J connectivity index is 0.00000810. The minimum absolute atomic E-state index is 0. The summed E-state index contributed by atoms with van der Waals surface area (Å²) in [5, 5.41) is 10.8. The molecule has 0 aliphatic carbocycles. The molecule has 0 fully saturated rings. The molecule has 0 atom stereocenters. The van der Waals surface area contributed by atoms with Gasteiger partial charge in [-0.05, 0) is 100 Å². The Bertz CT molecular complexity index is 3980. The molecule has 308 valence electrons. The van der Waals surface area contributed by atoms with E-state index in [-0.39, 0.29) is 87.3 Å². The topological polar surface area (TPSA) is 75.6 Å². The first kappa shape index (κ1) is 25.7. The number of hydrogen-bond acceptors (Lipinski definition) is 5. The van der Waals surface area contributed by atoms with Crippen LogP contribution in [0.4, 0.5) is 0 Å². The van der Waals surface area contributed by atoms with Gasteiger partial charge in [-0.25, -0.2) is 0 Å². The fourth-order valence-corrected chi connectivity index (χ4v) is 6.89. The van der Waals surface area contributed by atoms with Crippen molar-refractivity contribution in [3.8, 4) is 51.0 Å². The predicted octanol–water partition coefficient (Wildman–Crippen LogP) is 13.1. The van der Waals surface area contributed by atoms with E-state index in [1.165, 1.54) is 48.5 Å². The molecule has 0 aliphatic rings. The molecule has 0 spiro atoms. The first-order valence-corrected chi connectivity index (χ1v) is 19.6. The van der Waals surface area contributed by atoms with E-state index >= 15 is 0 Å². The molecule has 0 N–H and O–H groups in total. The van der Waals surface area contributed by atoms with Crippen LogP contribution in [0.1, 0.15) is 63.6 Å². The van der Waals surface area contributed by atoms with E-state index in [0.29, 0.717) is 27.9 Å². The number of nitriles is 1. The molecule has 0 saturated heterocycles. The Morgan fingerprint density at radius 1 is 0.531 bits per heavy atom. The third-order valence-corrected chi connectivity index (χ3v) is 9.89. The summed E-state index contributed by atoms with van der Waals surface area (Å²) in [6.45, 7) is 0. The van der Waals surface area contributed by atoms with Crippen LogP contribution in [0.25, 0.3) is 66.8 Å². The van der Waals surface area contributed by atoms with Crippen molar-refractivity contribution in [2.45, 2.75) is 38.2 Å². The Labute approximate surface area is 412 Å². The number of fused-ring (bicyclic) bond motifs is 3. The Hall–Kier alpha value is -7.29. The van der Waals surface area contributed by atoms with Crippen LogP contribution in [0.5, 0.6) is 0 Å². The van der Waals surface area contributed by atoms with Crippen molar-refractivity contribution in [1.82, 2.24) is 15.0 Å². The van der Waals surface area contributed by atoms with Crippen molar-refractivity contribution < 1.29 is 49.2 Å². The van der Waals surface area contributed by atoms with Gasteiger partial charge < -0.3 is 19.4 Å². The van der Waals surface area contributed by atoms with E-state index < -0.39 is 85.1 Å². The predicted molar refractivity (Wildman–Crippen MR) is 252 cm³/mol. The summed E-state index contributed by atoms with van der Waals surface area (Å²) < 4.78 is 170. The van der Waals surface area contributed by atoms with Crippen LogP contribution in [-0.4, -0.2) is 15.0 Å². The van der Waals surface area contributed by atoms with Crippen LogP contribution < -0.4 is 0 Å². The number of hydrogen-bond donors (Lipinski definition) is 0. The summed E-state index contributed by atoms with van der Waals surface area (Å²) in [6, 6.07) is 36.5. The smallest absolute Gasteiger partial charge is 0.500 e. The molecule has 0 amide bonds. The zero-order chi connectivity index (χ0) is 58.4. The maximum absolute atomic E-state index is 10.2. The van der Waals surface area contributed by atoms with E-state index in [1.807, 2.05) is 6.07 Å². The maximum atomic E-state index is 10.2. The fourth-order valence-electron chi connectivity index (χ4n) is 6.89. The average molecular weight is 1020 g/mol. The van der Waals surface area contributed by atoms with Crippen LogP contribution in [0.2, 0.25) is 0 Å². The Morgan fingerprint density at radius 3 is 1.53 bits per heavy atom. The van der Waals surface area contributed by atoms with Gasteiger partial charge >= 0.3 is 20.1 Å². The number of nitrogens with zero attached hydrogens (tertiary/aromatic N) is 4. The van der Waals surface area contributed by atoms with E-state index in [1.54, 1.807) is 54.6 Å². The van der Waals surface area contributed by atoms with Gasteiger partial charge in [-0.2, -0.15) is 5.26 Å². The molecular weight excluding hydrogens is 961 g/mol. The molecule has 0 unspecified atom stereocenters. The van der Waals surface area contributed by atoms with Crippen molar-refractivity contribution in [1.29, 1.82) is 5.26 Å². The van der Waals surface area contributed by atoms with Gasteiger partial charge in [0.05, 0.1) is 25.4 Å². The molecule has 0 saturated carbocycles. The average Bonchev–Trinajstić information content (AvgIpc) is 3.79. The van der Waals surface area contributed by atoms with Gasteiger partial charge in [-0.1, -0.05) is 102 Å². The first-order valence-electron chi connectivity index (χ1n) is 28.6. The molecule has 5 nitrogen and oxygen atoms in total. The molecule has 0 bridgehead atoms. The van der Waals surface area contributed by atoms with Crippen molar-refractivity contribution in [3.63, 3.8) is 0 Å². The number of aromatic nitrogens is 3. The van der Waals surface area contributed by atoms with Crippen molar-refractivity contribution >= 4 is 21.9 Å². The first-order chi connectivity index (χ1) is 38.2. The number of benzene rings is 6. The minimum Gasteiger partial charge on any atom is -0.500 e. The fraction of sp³-hybridized carbons (Fsp3) is 0.103. The van der Waals surface area contributed by atoms with Gasteiger partial charge in [0, 0.05) is 46.0 Å². The zero-order valence-corrected chi connectivity index (χ0v) is 35.7. The molecule has 4 heterocycles. The summed E-state index contributed by atoms with van der Waals surface area (Å²) in [4.78, 5) is 13.2. The second-order valence-electron chi connectivity index (χ2n) is 14.0. The van der Waals surface area contributed by atoms with Gasteiger partial charge in [0.2, 0.25) is 0 Å². The minimum atomic E-state index is -3.24. The zero-order valence-electron chi connectivity index (χ0n) is 51.3. The van der Waals surface area contributed by atoms with E-state index in [2.05, 4.69) is 33.2 Å². The van der Waals surface area contributed by atoms with E-state index in [9.17, 15) is 21.7 Å². The number of pyridine rings is 3. The molecular formula is C58H41IrN4O. The Morgan fingerprint density at radius 2 is 1.05 bits per heavy atom. The molecule has 0 radical (unpaired) electrons. The van der Waals surface area contributed by atoms with Gasteiger partial charge in [0.25, 0.3) is 0 Å². The number of rotatable bonds is 13. The summed E-state index contributed by atoms with van der Waals surface area (Å²) in [5.74, 6) is 0. The molecule has 10 rings (SSSR count). The van der Waals surface area contributed by atoms with Gasteiger partial charge in [0.15, 0.2) is 0 Å². The van der Waals surface area contributed by atoms with Crippen LogP contribution in [-0.2, 0) is 58.3 Å². The summed E-state index contributed by atoms with van der Waals surface area (Å²) in [5.41, 5.74) is -1.50. The van der Waals surface area contributed by atoms with Crippen LogP contribution in [0, 0.1) is 29.5 Å². The molecule has 0 aliphatic heterocycles. The van der Waals surface area contributed by atoms with Gasteiger partial charge in [0.1, 0.15) is 5.58 Å². The normalized spacial score (nSPS) is 16.5. The molecule has 6 heteroatoms. The van der Waals surface area contributed by atoms with Crippen LogP contribution in [0.3, 0.4) is 0 Å². The number of furan rings is 1. The SMILES string of the molecule is [2H]c1cc2c(oc3c(-c4ccc(C([2H])([2H])C([2H])([2H])c5cc(C([2H])([2H])C([2H])([2H])c6ccc(-c7[c-]cccc7)nc6)cc(C([2H])([2H])C([2H])([2H])c6ccc(-c7[c-]cccc7)nc6)c5)cn4)[c-]ccc32)c(-c2c([2H])c([2H])c([2H])c([2H])c2[2H])c1C#N.[Ir+3]. The largest absolute Gasteiger partial charge is 3.00 e. The standard InChI is InChI=1S/C58H41N4O.Ir/c59-36-49-28-29-51-50-17-10-18-52(57(50)63-58(51)56(49)48-15-8-3-9-16-48)55-32-27-42(39-62-55)21-24-45-34-43(22-19-40-25-30-53(60-37-40)46-11-4-1-5-12-46)33-44(35-45)23-20-41-26-31-54(61-38-41)47-13-6-2-7-14-47;/h1-11,13,15-17,25-35,37-39H,19-24H2;/q-3;+3/i3D,8D,9D,15D,16D,19D2,20D2,21D2,22D2,23D2,24D2,28D;. The van der Waals surface area contributed by atoms with Crippen LogP contribution in [0.15, 0.2) is 181 Å². The van der Waals surface area contributed by atoms with Gasteiger partial charge in [-0.3, -0.25) is 0 Å². The summed E-state index contributed by atoms with van der Waals surface area (Å²) in [6.07, 6.45) is -15.3. The number of aryl methyl sites for hydroxylation is 6. The molecule has 64 heavy (non-hydrogen) atoms. The monoisotopic (exact) mass is 1020 g/mol. The van der Waals surface area contributed by atoms with Crippen molar-refractivity contribution in [2.75, 3.05) is 0 Å². The second kappa shape index (κ2) is 19.4. The molecule has 10 aromatic rings. The molecule has 4 aromatic heterocycles. The Kier molecular flexibility index (Phi) is 7.80. The quantitative estimate of drug-likeness (QED) is 0.108.